The third-order valence-corrected chi connectivity index (χ3v) is 3.61. The van der Waals surface area contributed by atoms with E-state index in [1.807, 2.05) is 0 Å². The molecule has 3 heteroatoms. The average molecular weight is 168 g/mol. The zero-order chi connectivity index (χ0) is 8.77. The van der Waals surface area contributed by atoms with Crippen LogP contribution in [0.25, 0.3) is 0 Å². The molecule has 1 saturated carbocycles. The molecule has 1 aliphatic carbocycles. The smallest absolute Gasteiger partial charge is 0.237 e. The predicted octanol–water partition coefficient (Wildman–Crippen LogP) is 0.392. The fourth-order valence-electron chi connectivity index (χ4n) is 2.64. The SMILES string of the molecule is CCC1NC(=O)[C@H](N)C12CCC2. The lowest BCUT2D eigenvalue weighted by atomic mass is 9.61. The molecule has 0 aromatic carbocycles. The van der Waals surface area contributed by atoms with Gasteiger partial charge in [-0.1, -0.05) is 13.3 Å². The number of nitrogens with two attached hydrogens (primary N) is 1. The van der Waals surface area contributed by atoms with E-state index in [1.54, 1.807) is 0 Å². The van der Waals surface area contributed by atoms with Crippen LogP contribution in [0.3, 0.4) is 0 Å². The van der Waals surface area contributed by atoms with Crippen molar-refractivity contribution in [2.75, 3.05) is 0 Å². The summed E-state index contributed by atoms with van der Waals surface area (Å²) >= 11 is 0. The molecule has 0 aromatic heterocycles. The van der Waals surface area contributed by atoms with E-state index in [4.69, 9.17) is 5.73 Å². The Balaban J connectivity index is 2.22. The average Bonchev–Trinajstić information content (AvgIpc) is 2.23. The second-order valence-corrected chi connectivity index (χ2v) is 4.03. The van der Waals surface area contributed by atoms with Crippen LogP contribution in [-0.4, -0.2) is 18.0 Å². The van der Waals surface area contributed by atoms with Gasteiger partial charge >= 0.3 is 0 Å². The summed E-state index contributed by atoms with van der Waals surface area (Å²) in [6.45, 7) is 2.11. The Hall–Kier alpha value is -0.570. The molecule has 12 heavy (non-hydrogen) atoms. The summed E-state index contributed by atoms with van der Waals surface area (Å²) in [5, 5.41) is 2.98. The first-order valence-electron chi connectivity index (χ1n) is 4.76. The van der Waals surface area contributed by atoms with Crippen molar-refractivity contribution in [1.29, 1.82) is 0 Å². The molecule has 0 aromatic rings. The predicted molar refractivity (Wildman–Crippen MR) is 46.5 cm³/mol. The fourth-order valence-corrected chi connectivity index (χ4v) is 2.64. The van der Waals surface area contributed by atoms with Gasteiger partial charge in [-0.25, -0.2) is 0 Å². The Morgan fingerprint density at radius 1 is 1.67 bits per heavy atom. The molecule has 1 saturated heterocycles. The number of amides is 1. The monoisotopic (exact) mass is 168 g/mol. The highest BCUT2D eigenvalue weighted by Crippen LogP contribution is 2.49. The molecule has 2 atom stereocenters. The van der Waals surface area contributed by atoms with Gasteiger partial charge in [0.2, 0.25) is 5.91 Å². The molecule has 3 N–H and O–H groups in total. The van der Waals surface area contributed by atoms with E-state index < -0.39 is 0 Å². The lowest BCUT2D eigenvalue weighted by Gasteiger charge is -2.44. The summed E-state index contributed by atoms with van der Waals surface area (Å²) in [6.07, 6.45) is 4.51. The molecule has 1 unspecified atom stereocenters. The molecule has 1 aliphatic heterocycles. The second kappa shape index (κ2) is 2.46. The molecule has 0 radical (unpaired) electrons. The van der Waals surface area contributed by atoms with Crippen molar-refractivity contribution in [2.24, 2.45) is 11.1 Å². The van der Waals surface area contributed by atoms with Gasteiger partial charge in [-0.3, -0.25) is 4.79 Å². The number of carbonyl (C=O) groups excluding carboxylic acids is 1. The first kappa shape index (κ1) is 8.05. The third-order valence-electron chi connectivity index (χ3n) is 3.61. The minimum atomic E-state index is -0.240. The van der Waals surface area contributed by atoms with Crippen molar-refractivity contribution in [3.8, 4) is 0 Å². The summed E-state index contributed by atoms with van der Waals surface area (Å²) in [6, 6.07) is 0.102. The van der Waals surface area contributed by atoms with Crippen molar-refractivity contribution in [3.05, 3.63) is 0 Å². The van der Waals surface area contributed by atoms with Crippen LogP contribution in [0, 0.1) is 5.41 Å². The summed E-state index contributed by atoms with van der Waals surface area (Å²) in [5.74, 6) is 0.0570. The molecule has 2 rings (SSSR count). The van der Waals surface area contributed by atoms with Gasteiger partial charge in [-0.15, -0.1) is 0 Å². The van der Waals surface area contributed by atoms with E-state index in [-0.39, 0.29) is 17.4 Å². The van der Waals surface area contributed by atoms with Crippen LogP contribution >= 0.6 is 0 Å². The van der Waals surface area contributed by atoms with Crippen molar-refractivity contribution in [3.63, 3.8) is 0 Å². The Morgan fingerprint density at radius 3 is 2.67 bits per heavy atom. The third kappa shape index (κ3) is 0.774. The molecule has 1 amide bonds. The van der Waals surface area contributed by atoms with Gasteiger partial charge in [0.05, 0.1) is 6.04 Å². The standard InChI is InChI=1S/C9H16N2O/c1-2-6-9(4-3-5-9)7(10)8(12)11-6/h6-7H,2-5,10H2,1H3,(H,11,12)/t6?,7-/m0/s1. The van der Waals surface area contributed by atoms with Crippen molar-refractivity contribution in [1.82, 2.24) is 5.32 Å². The summed E-state index contributed by atoms with van der Waals surface area (Å²) in [7, 11) is 0. The summed E-state index contributed by atoms with van der Waals surface area (Å²) in [4.78, 5) is 11.3. The van der Waals surface area contributed by atoms with Crippen LogP contribution in [0.4, 0.5) is 0 Å². The quantitative estimate of drug-likeness (QED) is 0.595. The maximum Gasteiger partial charge on any atom is 0.237 e. The summed E-state index contributed by atoms with van der Waals surface area (Å²) in [5.41, 5.74) is 6.00. The van der Waals surface area contributed by atoms with Crippen LogP contribution in [0.5, 0.6) is 0 Å². The Labute approximate surface area is 72.7 Å². The zero-order valence-electron chi connectivity index (χ0n) is 7.47. The minimum absolute atomic E-state index is 0.0570. The minimum Gasteiger partial charge on any atom is -0.351 e. The molecule has 1 spiro atoms. The number of carbonyl (C=O) groups is 1. The lowest BCUT2D eigenvalue weighted by molar-refractivity contribution is -0.121. The Bertz CT molecular complexity index is 211. The molecule has 3 nitrogen and oxygen atoms in total. The van der Waals surface area contributed by atoms with Gasteiger partial charge in [0, 0.05) is 11.5 Å². The molecule has 1 heterocycles. The van der Waals surface area contributed by atoms with Gasteiger partial charge in [-0.05, 0) is 19.3 Å². The van der Waals surface area contributed by atoms with Gasteiger partial charge in [-0.2, -0.15) is 0 Å². The van der Waals surface area contributed by atoms with Crippen LogP contribution in [-0.2, 0) is 4.79 Å². The van der Waals surface area contributed by atoms with Gasteiger partial charge < -0.3 is 11.1 Å². The first-order chi connectivity index (χ1) is 5.70. The first-order valence-corrected chi connectivity index (χ1v) is 4.76. The van der Waals surface area contributed by atoms with Gasteiger partial charge in [0.25, 0.3) is 0 Å². The zero-order valence-corrected chi connectivity index (χ0v) is 7.47. The molecule has 2 fully saturated rings. The van der Waals surface area contributed by atoms with E-state index in [2.05, 4.69) is 12.2 Å². The van der Waals surface area contributed by atoms with Crippen molar-refractivity contribution in [2.45, 2.75) is 44.7 Å². The van der Waals surface area contributed by atoms with E-state index >= 15 is 0 Å². The highest BCUT2D eigenvalue weighted by Gasteiger charge is 2.55. The maximum atomic E-state index is 11.3. The van der Waals surface area contributed by atoms with Gasteiger partial charge in [0.15, 0.2) is 0 Å². The molecule has 68 valence electrons. The van der Waals surface area contributed by atoms with Crippen molar-refractivity contribution >= 4 is 5.91 Å². The normalized spacial score (nSPS) is 38.0. The Morgan fingerprint density at radius 2 is 2.33 bits per heavy atom. The largest absolute Gasteiger partial charge is 0.351 e. The highest BCUT2D eigenvalue weighted by molar-refractivity contribution is 5.86. The van der Waals surface area contributed by atoms with E-state index in [0.29, 0.717) is 6.04 Å². The van der Waals surface area contributed by atoms with Crippen LogP contribution in [0.2, 0.25) is 0 Å². The molecule has 2 aliphatic rings. The Kier molecular flexibility index (Phi) is 1.65. The van der Waals surface area contributed by atoms with Crippen LogP contribution in [0.1, 0.15) is 32.6 Å². The fraction of sp³-hybridized carbons (Fsp3) is 0.889. The molecular formula is C9H16N2O. The topological polar surface area (TPSA) is 55.1 Å². The van der Waals surface area contributed by atoms with Crippen LogP contribution in [0.15, 0.2) is 0 Å². The van der Waals surface area contributed by atoms with E-state index in [0.717, 1.165) is 19.3 Å². The second-order valence-electron chi connectivity index (χ2n) is 4.03. The van der Waals surface area contributed by atoms with Crippen molar-refractivity contribution < 1.29 is 4.79 Å². The van der Waals surface area contributed by atoms with E-state index in [9.17, 15) is 4.79 Å². The molecule has 0 bridgehead atoms. The lowest BCUT2D eigenvalue weighted by Crippen LogP contribution is -2.50. The summed E-state index contributed by atoms with van der Waals surface area (Å²) < 4.78 is 0. The number of rotatable bonds is 1. The van der Waals surface area contributed by atoms with E-state index in [1.165, 1.54) is 6.42 Å². The number of hydrogen-bond donors (Lipinski definition) is 2. The van der Waals surface area contributed by atoms with Gasteiger partial charge in [0.1, 0.15) is 0 Å². The maximum absolute atomic E-state index is 11.3. The highest BCUT2D eigenvalue weighted by atomic mass is 16.2. The number of nitrogens with one attached hydrogen (secondary N) is 1. The molecular weight excluding hydrogens is 152 g/mol. The van der Waals surface area contributed by atoms with Crippen LogP contribution < -0.4 is 11.1 Å². The number of hydrogen-bond acceptors (Lipinski definition) is 2.